The summed E-state index contributed by atoms with van der Waals surface area (Å²) in [5.74, 6) is 0.0312. The number of rotatable bonds is 3. The first-order valence-electron chi connectivity index (χ1n) is 9.03. The maximum absolute atomic E-state index is 12.1. The van der Waals surface area contributed by atoms with Crippen molar-refractivity contribution < 1.29 is 22.9 Å². The minimum absolute atomic E-state index is 0.104. The summed E-state index contributed by atoms with van der Waals surface area (Å²) >= 11 is 0. The van der Waals surface area contributed by atoms with E-state index in [1.54, 1.807) is 51.1 Å². The third kappa shape index (κ3) is 3.95. The zero-order valence-electron chi connectivity index (χ0n) is 16.6. The van der Waals surface area contributed by atoms with Gasteiger partial charge in [0.2, 0.25) is 0 Å². The average molecular weight is 410 g/mol. The molecule has 0 unspecified atom stereocenters. The maximum atomic E-state index is 12.1. The molecule has 3 rings (SSSR count). The van der Waals surface area contributed by atoms with Gasteiger partial charge in [0, 0.05) is 5.56 Å². The molecular formula is C23H22O5S. The quantitative estimate of drug-likeness (QED) is 0.725. The Morgan fingerprint density at radius 3 is 2.17 bits per heavy atom. The summed E-state index contributed by atoms with van der Waals surface area (Å²) in [7, 11) is -4.49. The average Bonchev–Trinajstić information content (AvgIpc) is 2.63. The molecule has 0 saturated carbocycles. The Morgan fingerprint density at radius 2 is 1.52 bits per heavy atom. The van der Waals surface area contributed by atoms with Crippen molar-refractivity contribution in [3.8, 4) is 5.75 Å². The van der Waals surface area contributed by atoms with Gasteiger partial charge in [-0.2, -0.15) is 8.42 Å². The molecule has 150 valence electrons. The molecule has 6 heteroatoms. The van der Waals surface area contributed by atoms with Crippen molar-refractivity contribution in [2.24, 2.45) is 0 Å². The zero-order valence-corrected chi connectivity index (χ0v) is 17.5. The van der Waals surface area contributed by atoms with E-state index in [0.717, 1.165) is 5.56 Å². The minimum Gasteiger partial charge on any atom is -0.508 e. The van der Waals surface area contributed by atoms with Crippen LogP contribution in [0.25, 0.3) is 5.57 Å². The van der Waals surface area contributed by atoms with Gasteiger partial charge in [0.15, 0.2) is 5.78 Å². The molecule has 0 saturated heterocycles. The van der Waals surface area contributed by atoms with E-state index in [1.807, 2.05) is 6.92 Å². The molecule has 29 heavy (non-hydrogen) atoms. The molecule has 2 aromatic carbocycles. The minimum atomic E-state index is -4.49. The van der Waals surface area contributed by atoms with Gasteiger partial charge < -0.3 is 5.11 Å². The van der Waals surface area contributed by atoms with Crippen molar-refractivity contribution in [3.05, 3.63) is 87.5 Å². The lowest BCUT2D eigenvalue weighted by Gasteiger charge is -2.21. The number of carbonyl (C=O) groups excluding carboxylic acids is 1. The number of aryl methyl sites for hydroxylation is 2. The Hall–Kier alpha value is -2.96. The van der Waals surface area contributed by atoms with Crippen LogP contribution in [0, 0.1) is 13.8 Å². The van der Waals surface area contributed by atoms with Crippen LogP contribution in [0.2, 0.25) is 0 Å². The molecule has 2 aromatic rings. The Bertz CT molecular complexity index is 1230. The van der Waals surface area contributed by atoms with Gasteiger partial charge in [-0.25, -0.2) is 0 Å². The van der Waals surface area contributed by atoms with Crippen LogP contribution >= 0.6 is 0 Å². The van der Waals surface area contributed by atoms with Gasteiger partial charge in [-0.05, 0) is 97.0 Å². The van der Waals surface area contributed by atoms with Crippen LogP contribution in [0.15, 0.2) is 70.2 Å². The van der Waals surface area contributed by atoms with Gasteiger partial charge in [0.05, 0.1) is 0 Å². The van der Waals surface area contributed by atoms with Gasteiger partial charge in [-0.1, -0.05) is 18.2 Å². The van der Waals surface area contributed by atoms with Crippen LogP contribution in [-0.4, -0.2) is 23.9 Å². The van der Waals surface area contributed by atoms with Gasteiger partial charge in [-0.3, -0.25) is 9.35 Å². The van der Waals surface area contributed by atoms with E-state index in [1.165, 1.54) is 18.2 Å². The number of aromatic hydroxyl groups is 1. The van der Waals surface area contributed by atoms with Crippen molar-refractivity contribution >= 4 is 21.5 Å². The van der Waals surface area contributed by atoms with Gasteiger partial charge >= 0.3 is 0 Å². The second-order valence-electron chi connectivity index (χ2n) is 7.23. The predicted octanol–water partition coefficient (Wildman–Crippen LogP) is 4.53. The number of ketones is 1. The van der Waals surface area contributed by atoms with Crippen LogP contribution in [0.3, 0.4) is 0 Å². The lowest BCUT2D eigenvalue weighted by molar-refractivity contribution is -0.111. The molecule has 0 amide bonds. The third-order valence-electron chi connectivity index (χ3n) is 5.04. The molecule has 2 N–H and O–H groups in total. The number of phenolic OH excluding ortho intramolecular Hbond substituents is 1. The van der Waals surface area contributed by atoms with E-state index in [0.29, 0.717) is 39.0 Å². The van der Waals surface area contributed by atoms with Crippen molar-refractivity contribution in [1.82, 2.24) is 0 Å². The second kappa shape index (κ2) is 7.46. The summed E-state index contributed by atoms with van der Waals surface area (Å²) < 4.78 is 34.0. The molecule has 0 heterocycles. The fourth-order valence-electron chi connectivity index (χ4n) is 3.46. The SMILES string of the molecule is CC1=C/C(=C(\c2cc(C)c(O)cc2C)c2ccccc2S(=O)(=O)O)C(C)=CC1=O. The van der Waals surface area contributed by atoms with Crippen LogP contribution < -0.4 is 0 Å². The van der Waals surface area contributed by atoms with Gasteiger partial charge in [0.25, 0.3) is 10.1 Å². The van der Waals surface area contributed by atoms with Crippen LogP contribution in [-0.2, 0) is 14.9 Å². The molecule has 0 bridgehead atoms. The Balaban J connectivity index is 2.51. The Morgan fingerprint density at radius 1 is 0.862 bits per heavy atom. The molecule has 0 aliphatic heterocycles. The smallest absolute Gasteiger partial charge is 0.295 e. The monoisotopic (exact) mass is 410 g/mol. The van der Waals surface area contributed by atoms with E-state index >= 15 is 0 Å². The van der Waals surface area contributed by atoms with E-state index in [4.69, 9.17) is 0 Å². The number of benzene rings is 2. The number of hydrogen-bond donors (Lipinski definition) is 2. The molecule has 0 radical (unpaired) electrons. The Labute approximate surface area is 170 Å². The first-order valence-corrected chi connectivity index (χ1v) is 10.5. The zero-order chi connectivity index (χ0) is 21.5. The molecule has 0 atom stereocenters. The molecule has 5 nitrogen and oxygen atoms in total. The van der Waals surface area contributed by atoms with E-state index in [-0.39, 0.29) is 16.4 Å². The molecule has 0 aromatic heterocycles. The number of allylic oxidation sites excluding steroid dienone is 5. The third-order valence-corrected chi connectivity index (χ3v) is 5.95. The molecule has 1 aliphatic rings. The summed E-state index contributed by atoms with van der Waals surface area (Å²) in [5.41, 5.74) is 4.86. The van der Waals surface area contributed by atoms with E-state index in [2.05, 4.69) is 0 Å². The van der Waals surface area contributed by atoms with Crippen molar-refractivity contribution in [2.45, 2.75) is 32.6 Å². The first-order chi connectivity index (χ1) is 13.5. The summed E-state index contributed by atoms with van der Waals surface area (Å²) in [6.45, 7) is 7.06. The highest BCUT2D eigenvalue weighted by Crippen LogP contribution is 2.39. The molecule has 1 aliphatic carbocycles. The van der Waals surface area contributed by atoms with Crippen LogP contribution in [0.5, 0.6) is 5.75 Å². The lowest BCUT2D eigenvalue weighted by atomic mass is 9.83. The highest BCUT2D eigenvalue weighted by molar-refractivity contribution is 7.86. The van der Waals surface area contributed by atoms with Crippen molar-refractivity contribution in [3.63, 3.8) is 0 Å². The molecule has 0 fully saturated rings. The largest absolute Gasteiger partial charge is 0.508 e. The van der Waals surface area contributed by atoms with Crippen molar-refractivity contribution in [2.75, 3.05) is 0 Å². The summed E-state index contributed by atoms with van der Waals surface area (Å²) in [4.78, 5) is 11.9. The standard InChI is InChI=1S/C23H22O5S/c1-13-11-20(24)15(3)9-18(13)23(19-10-16(4)21(25)12-14(19)2)17-7-5-6-8-22(17)29(26,27)28/h5-12,24H,1-4H3,(H,26,27,28)/b23-19+. The lowest BCUT2D eigenvalue weighted by Crippen LogP contribution is -2.09. The number of carbonyl (C=O) groups is 1. The fraction of sp³-hybridized carbons (Fsp3) is 0.174. The van der Waals surface area contributed by atoms with Crippen LogP contribution in [0.4, 0.5) is 0 Å². The molecule has 0 spiro atoms. The van der Waals surface area contributed by atoms with E-state index < -0.39 is 10.1 Å². The summed E-state index contributed by atoms with van der Waals surface area (Å²) in [6, 6.07) is 9.59. The van der Waals surface area contributed by atoms with Gasteiger partial charge in [0.1, 0.15) is 10.6 Å². The summed E-state index contributed by atoms with van der Waals surface area (Å²) in [6.07, 6.45) is 3.25. The van der Waals surface area contributed by atoms with Crippen molar-refractivity contribution in [1.29, 1.82) is 0 Å². The predicted molar refractivity (Wildman–Crippen MR) is 112 cm³/mol. The normalized spacial score (nSPS) is 16.4. The fourth-order valence-corrected chi connectivity index (χ4v) is 4.16. The topological polar surface area (TPSA) is 91.7 Å². The summed E-state index contributed by atoms with van der Waals surface area (Å²) in [5, 5.41) is 10.1. The Kier molecular flexibility index (Phi) is 5.34. The number of hydrogen-bond acceptors (Lipinski definition) is 4. The van der Waals surface area contributed by atoms with Crippen LogP contribution in [0.1, 0.15) is 36.1 Å². The van der Waals surface area contributed by atoms with Gasteiger partial charge in [-0.15, -0.1) is 0 Å². The molecular weight excluding hydrogens is 388 g/mol. The first kappa shape index (κ1) is 20.8. The highest BCUT2D eigenvalue weighted by atomic mass is 32.2. The second-order valence-corrected chi connectivity index (χ2v) is 8.62. The van der Waals surface area contributed by atoms with E-state index in [9.17, 15) is 22.9 Å². The number of phenols is 1. The maximum Gasteiger partial charge on any atom is 0.295 e. The highest BCUT2D eigenvalue weighted by Gasteiger charge is 2.24.